The first kappa shape index (κ1) is 23.9. The van der Waals surface area contributed by atoms with Gasteiger partial charge in [-0.1, -0.05) is 48.0 Å². The highest BCUT2D eigenvalue weighted by Gasteiger charge is 2.61. The van der Waals surface area contributed by atoms with E-state index in [9.17, 15) is 14.4 Å². The van der Waals surface area contributed by atoms with Gasteiger partial charge in [0.2, 0.25) is 5.91 Å². The fourth-order valence-corrected chi connectivity index (χ4v) is 7.15. The van der Waals surface area contributed by atoms with Crippen molar-refractivity contribution in [1.82, 2.24) is 0 Å². The fourth-order valence-electron chi connectivity index (χ4n) is 5.76. The molecule has 0 N–H and O–H groups in total. The summed E-state index contributed by atoms with van der Waals surface area (Å²) in [5, 5.41) is 2.10. The maximum atomic E-state index is 14.1. The number of aryl methyl sites for hydroxylation is 3. The third-order valence-electron chi connectivity index (χ3n) is 7.63. The summed E-state index contributed by atoms with van der Waals surface area (Å²) in [7, 11) is 1.33. The number of methoxy groups -OCH3 is 1. The lowest BCUT2D eigenvalue weighted by molar-refractivity contribution is -0.126. The maximum absolute atomic E-state index is 14.1. The van der Waals surface area contributed by atoms with E-state index in [4.69, 9.17) is 9.57 Å². The lowest BCUT2D eigenvalue weighted by Gasteiger charge is -2.29. The number of para-hydroxylation sites is 1. The molecule has 0 saturated carbocycles. The smallest absolute Gasteiger partial charge is 0.341 e. The molecule has 2 fully saturated rings. The number of hydrogen-bond donors (Lipinski definition) is 0. The number of benzene rings is 2. The number of nitrogens with zero attached hydrogens (tertiary/aromatic N) is 2. The predicted octanol–water partition coefficient (Wildman–Crippen LogP) is 5.08. The standard InChI is InChI=1S/C29H28N2O5S/c1-16-12-14-18(15-13-16)24-23-25(36-31(24)20-10-6-4-8-17(20)2)27(33)30(26(23)32)28-22(29(34)35-3)19-9-5-7-11-21(19)37-28/h4,6,8,10,12-15,23-25H,5,7,9,11H2,1-3H3/t23-,24+,25-/m1/s1. The average Bonchev–Trinajstić information content (AvgIpc) is 3.54. The molecule has 2 aliphatic heterocycles. The average molecular weight is 517 g/mol. The quantitative estimate of drug-likeness (QED) is 0.356. The van der Waals surface area contributed by atoms with Crippen LogP contribution in [-0.4, -0.2) is 31.0 Å². The number of ether oxygens (including phenoxy) is 1. The number of rotatable bonds is 4. The third kappa shape index (κ3) is 3.69. The molecular formula is C29H28N2O5S. The normalized spacial score (nSPS) is 22.8. The lowest BCUT2D eigenvalue weighted by Crippen LogP contribution is -2.38. The van der Waals surface area contributed by atoms with E-state index in [1.807, 2.05) is 62.4 Å². The van der Waals surface area contributed by atoms with Crippen LogP contribution < -0.4 is 9.96 Å². The number of imide groups is 1. The SMILES string of the molecule is COC(=O)c1c(N2C(=O)[C@H]3[C@@H](ON(c4ccccc4C)[C@H]3c3ccc(C)cc3)C2=O)sc2c1CCCC2. The highest BCUT2D eigenvalue weighted by molar-refractivity contribution is 7.17. The van der Waals surface area contributed by atoms with Crippen LogP contribution in [0.4, 0.5) is 10.7 Å². The van der Waals surface area contributed by atoms with Crippen LogP contribution in [0, 0.1) is 19.8 Å². The first-order valence-electron chi connectivity index (χ1n) is 12.6. The lowest BCUT2D eigenvalue weighted by atomic mass is 9.90. The molecule has 6 rings (SSSR count). The van der Waals surface area contributed by atoms with Crippen molar-refractivity contribution in [3.63, 3.8) is 0 Å². The van der Waals surface area contributed by atoms with Crippen molar-refractivity contribution in [3.05, 3.63) is 81.2 Å². The molecule has 190 valence electrons. The first-order chi connectivity index (χ1) is 17.9. The Morgan fingerprint density at radius 2 is 1.73 bits per heavy atom. The van der Waals surface area contributed by atoms with Crippen molar-refractivity contribution in [1.29, 1.82) is 0 Å². The predicted molar refractivity (Wildman–Crippen MR) is 141 cm³/mol. The molecule has 2 amide bonds. The summed E-state index contributed by atoms with van der Waals surface area (Å²) in [6.45, 7) is 3.99. The molecule has 8 heteroatoms. The number of fused-ring (bicyclic) bond motifs is 2. The van der Waals surface area contributed by atoms with Crippen molar-refractivity contribution in [2.45, 2.75) is 51.7 Å². The molecule has 3 atom stereocenters. The Morgan fingerprint density at radius 3 is 2.46 bits per heavy atom. The molecule has 2 aromatic carbocycles. The van der Waals surface area contributed by atoms with Crippen molar-refractivity contribution < 1.29 is 24.0 Å². The summed E-state index contributed by atoms with van der Waals surface area (Å²) < 4.78 is 5.09. The first-order valence-corrected chi connectivity index (χ1v) is 13.4. The van der Waals surface area contributed by atoms with Crippen LogP contribution in [0.3, 0.4) is 0 Å². The van der Waals surface area contributed by atoms with Gasteiger partial charge < -0.3 is 4.74 Å². The van der Waals surface area contributed by atoms with E-state index in [1.165, 1.54) is 23.3 Å². The van der Waals surface area contributed by atoms with E-state index >= 15 is 0 Å². The summed E-state index contributed by atoms with van der Waals surface area (Å²) in [5.74, 6) is -2.05. The summed E-state index contributed by atoms with van der Waals surface area (Å²) in [6, 6.07) is 15.3. The van der Waals surface area contributed by atoms with Crippen molar-refractivity contribution in [3.8, 4) is 0 Å². The van der Waals surface area contributed by atoms with Crippen LogP contribution in [-0.2, 0) is 32.0 Å². The molecule has 0 radical (unpaired) electrons. The number of carbonyl (C=O) groups excluding carboxylic acids is 3. The third-order valence-corrected chi connectivity index (χ3v) is 8.91. The number of anilines is 2. The Kier molecular flexibility index (Phi) is 5.88. The van der Waals surface area contributed by atoms with Crippen LogP contribution >= 0.6 is 11.3 Å². The number of hydrogen-bond acceptors (Lipinski definition) is 7. The Morgan fingerprint density at radius 1 is 1.00 bits per heavy atom. The van der Waals surface area contributed by atoms with Crippen LogP contribution in [0.15, 0.2) is 48.5 Å². The van der Waals surface area contributed by atoms with Gasteiger partial charge in [-0.25, -0.2) is 14.8 Å². The Balaban J connectivity index is 1.46. The van der Waals surface area contributed by atoms with Gasteiger partial charge in [0, 0.05) is 4.88 Å². The highest BCUT2D eigenvalue weighted by atomic mass is 32.1. The molecule has 3 aromatic rings. The topological polar surface area (TPSA) is 76.2 Å². The van der Waals surface area contributed by atoms with E-state index in [0.717, 1.165) is 58.5 Å². The molecule has 0 unspecified atom stereocenters. The van der Waals surface area contributed by atoms with Crippen molar-refractivity contribution >= 4 is 39.8 Å². The zero-order valence-electron chi connectivity index (χ0n) is 21.0. The number of amides is 2. The molecule has 37 heavy (non-hydrogen) atoms. The van der Waals surface area contributed by atoms with E-state index in [1.54, 1.807) is 5.06 Å². The van der Waals surface area contributed by atoms with Crippen LogP contribution in [0.2, 0.25) is 0 Å². The van der Waals surface area contributed by atoms with E-state index in [2.05, 4.69) is 0 Å². The van der Waals surface area contributed by atoms with E-state index in [-0.39, 0.29) is 5.91 Å². The number of hydroxylamine groups is 1. The molecular weight excluding hydrogens is 488 g/mol. The summed E-state index contributed by atoms with van der Waals surface area (Å²) >= 11 is 1.36. The van der Waals surface area contributed by atoms with Crippen LogP contribution in [0.1, 0.15) is 56.4 Å². The number of carbonyl (C=O) groups is 3. The zero-order valence-corrected chi connectivity index (χ0v) is 21.8. The second-order valence-corrected chi connectivity index (χ2v) is 11.0. The number of thiophene rings is 1. The maximum Gasteiger partial charge on any atom is 0.341 e. The molecule has 3 aliphatic rings. The Hall–Kier alpha value is -3.49. The molecule has 1 aromatic heterocycles. The summed E-state index contributed by atoms with van der Waals surface area (Å²) in [5.41, 5.74) is 5.05. The monoisotopic (exact) mass is 516 g/mol. The summed E-state index contributed by atoms with van der Waals surface area (Å²) in [6.07, 6.45) is 2.57. The van der Waals surface area contributed by atoms with Crippen LogP contribution in [0.5, 0.6) is 0 Å². The molecule has 7 nitrogen and oxygen atoms in total. The molecule has 0 spiro atoms. The van der Waals surface area contributed by atoms with Gasteiger partial charge in [-0.15, -0.1) is 11.3 Å². The van der Waals surface area contributed by atoms with Crippen molar-refractivity contribution in [2.24, 2.45) is 5.92 Å². The molecule has 3 heterocycles. The Bertz CT molecular complexity index is 1410. The minimum atomic E-state index is -0.983. The van der Waals surface area contributed by atoms with E-state index in [0.29, 0.717) is 10.6 Å². The zero-order chi connectivity index (χ0) is 25.8. The van der Waals surface area contributed by atoms with Gasteiger partial charge in [-0.2, -0.15) is 0 Å². The van der Waals surface area contributed by atoms with Gasteiger partial charge in [0.05, 0.1) is 24.4 Å². The molecule has 2 saturated heterocycles. The second-order valence-electron chi connectivity index (χ2n) is 9.91. The van der Waals surface area contributed by atoms with Gasteiger partial charge in [-0.3, -0.25) is 14.4 Å². The highest BCUT2D eigenvalue weighted by Crippen LogP contribution is 2.50. The molecule has 0 bridgehead atoms. The number of esters is 1. The van der Waals surface area contributed by atoms with Gasteiger partial charge in [0.25, 0.3) is 5.91 Å². The largest absolute Gasteiger partial charge is 0.465 e. The van der Waals surface area contributed by atoms with Gasteiger partial charge in [-0.05, 0) is 62.3 Å². The van der Waals surface area contributed by atoms with Crippen molar-refractivity contribution in [2.75, 3.05) is 17.1 Å². The molecule has 1 aliphatic carbocycles. The fraction of sp³-hybridized carbons (Fsp3) is 0.345. The Labute approximate surface area is 219 Å². The van der Waals surface area contributed by atoms with Gasteiger partial charge in [0.1, 0.15) is 10.9 Å². The van der Waals surface area contributed by atoms with E-state index < -0.39 is 29.9 Å². The minimum absolute atomic E-state index is 0.347. The summed E-state index contributed by atoms with van der Waals surface area (Å²) in [4.78, 5) is 49.5. The van der Waals surface area contributed by atoms with Gasteiger partial charge >= 0.3 is 5.97 Å². The van der Waals surface area contributed by atoms with Crippen LogP contribution in [0.25, 0.3) is 0 Å². The minimum Gasteiger partial charge on any atom is -0.465 e. The van der Waals surface area contributed by atoms with Gasteiger partial charge in [0.15, 0.2) is 6.10 Å². The second kappa shape index (κ2) is 9.11.